The molecule has 4 unspecified atom stereocenters. The van der Waals surface area contributed by atoms with Crippen molar-refractivity contribution < 1.29 is 49.2 Å². The number of hydrogen-bond acceptors (Lipinski definition) is 6. The van der Waals surface area contributed by atoms with Crippen LogP contribution in [0.1, 0.15) is 19.3 Å². The predicted molar refractivity (Wildman–Crippen MR) is 68.7 cm³/mol. The molecular formula is C14H12O10. The number of carboxylic acid groups (broad SMARTS) is 4. The van der Waals surface area contributed by atoms with Gasteiger partial charge in [0.2, 0.25) is 0 Å². The molecule has 0 aromatic heterocycles. The highest BCUT2D eigenvalue weighted by molar-refractivity contribution is 6.26. The molecular weight excluding hydrogens is 328 g/mol. The second-order valence-electron chi connectivity index (χ2n) is 6.61. The number of ketones is 2. The molecule has 0 aromatic carbocycles. The lowest BCUT2D eigenvalue weighted by Crippen LogP contribution is -2.79. The number of carboxylic acids is 4. The van der Waals surface area contributed by atoms with E-state index in [-0.39, 0.29) is 0 Å². The Morgan fingerprint density at radius 1 is 0.792 bits per heavy atom. The SMILES string of the molecule is O=C1C2CC3(C(=O)O)CC1C(C(=O)O)(C(=O)O)C(C(=O)O)(C2)C3=O. The van der Waals surface area contributed by atoms with Crippen LogP contribution in [0.25, 0.3) is 0 Å². The Morgan fingerprint density at radius 3 is 1.75 bits per heavy atom. The summed E-state index contributed by atoms with van der Waals surface area (Å²) in [6.07, 6.45) is -2.06. The molecule has 4 atom stereocenters. The Balaban J connectivity index is 2.44. The van der Waals surface area contributed by atoms with Crippen LogP contribution in [0.4, 0.5) is 0 Å². The van der Waals surface area contributed by atoms with Crippen LogP contribution < -0.4 is 0 Å². The first-order chi connectivity index (χ1) is 11.0. The molecule has 4 saturated carbocycles. The van der Waals surface area contributed by atoms with Gasteiger partial charge < -0.3 is 20.4 Å². The Labute approximate surface area is 133 Å². The van der Waals surface area contributed by atoms with Crippen molar-refractivity contribution in [1.29, 1.82) is 0 Å². The van der Waals surface area contributed by atoms with Crippen LogP contribution in [0.3, 0.4) is 0 Å². The first-order valence-corrected chi connectivity index (χ1v) is 7.02. The molecule has 4 bridgehead atoms. The summed E-state index contributed by atoms with van der Waals surface area (Å²) in [5.41, 5.74) is -8.43. The molecule has 0 amide bonds. The molecule has 128 valence electrons. The zero-order chi connectivity index (χ0) is 18.2. The van der Waals surface area contributed by atoms with Gasteiger partial charge in [0.25, 0.3) is 0 Å². The highest BCUT2D eigenvalue weighted by atomic mass is 16.4. The van der Waals surface area contributed by atoms with Gasteiger partial charge in [-0.05, 0) is 19.3 Å². The highest BCUT2D eigenvalue weighted by Crippen LogP contribution is 2.69. The van der Waals surface area contributed by atoms with Gasteiger partial charge in [-0.3, -0.25) is 28.8 Å². The van der Waals surface area contributed by atoms with Gasteiger partial charge in [0.05, 0.1) is 0 Å². The van der Waals surface area contributed by atoms with E-state index in [2.05, 4.69) is 0 Å². The average Bonchev–Trinajstić information content (AvgIpc) is 2.45. The fourth-order valence-corrected chi connectivity index (χ4v) is 4.95. The summed E-state index contributed by atoms with van der Waals surface area (Å²) in [7, 11) is 0. The first kappa shape index (κ1) is 16.1. The summed E-state index contributed by atoms with van der Waals surface area (Å²) >= 11 is 0. The lowest BCUT2D eigenvalue weighted by molar-refractivity contribution is -0.226. The van der Waals surface area contributed by atoms with Gasteiger partial charge in [0.15, 0.2) is 16.6 Å². The largest absolute Gasteiger partial charge is 0.480 e. The Hall–Kier alpha value is -2.78. The molecule has 10 nitrogen and oxygen atoms in total. The smallest absolute Gasteiger partial charge is 0.323 e. The third kappa shape index (κ3) is 1.26. The topological polar surface area (TPSA) is 183 Å². The van der Waals surface area contributed by atoms with Gasteiger partial charge in [-0.25, -0.2) is 0 Å². The quantitative estimate of drug-likeness (QED) is 0.456. The van der Waals surface area contributed by atoms with Crippen LogP contribution in [0.15, 0.2) is 0 Å². The standard InChI is InChI=1S/C14H12O10/c15-6-4-1-12(8(17)18)3-5(6)14(10(21)22,11(23)24)13(2-4,7(12)16)9(19)20/h4-5H,1-3H2,(H,17,18)(H,19,20)(H,21,22)(H,23,24). The summed E-state index contributed by atoms with van der Waals surface area (Å²) in [4.78, 5) is 72.5. The van der Waals surface area contributed by atoms with Crippen molar-refractivity contribution in [2.45, 2.75) is 19.3 Å². The van der Waals surface area contributed by atoms with Gasteiger partial charge in [0, 0.05) is 11.8 Å². The molecule has 24 heavy (non-hydrogen) atoms. The monoisotopic (exact) mass is 340 g/mol. The third-order valence-corrected chi connectivity index (χ3v) is 5.91. The molecule has 0 aromatic rings. The molecule has 4 aliphatic rings. The van der Waals surface area contributed by atoms with Crippen molar-refractivity contribution in [1.82, 2.24) is 0 Å². The fraction of sp³-hybridized carbons (Fsp3) is 0.571. The predicted octanol–water partition coefficient (Wildman–Crippen LogP) is -1.13. The maximum Gasteiger partial charge on any atom is 0.323 e. The molecule has 0 radical (unpaired) electrons. The van der Waals surface area contributed by atoms with E-state index in [4.69, 9.17) is 0 Å². The number of carbonyl (C=O) groups excluding carboxylic acids is 2. The Morgan fingerprint density at radius 2 is 1.33 bits per heavy atom. The second-order valence-corrected chi connectivity index (χ2v) is 6.61. The van der Waals surface area contributed by atoms with E-state index in [1.807, 2.05) is 0 Å². The number of Topliss-reactive ketones (excluding diaryl/α,β-unsaturated/α-hetero) is 2. The number of carbonyl (C=O) groups is 6. The van der Waals surface area contributed by atoms with Crippen LogP contribution in [0, 0.1) is 28.1 Å². The van der Waals surface area contributed by atoms with Crippen LogP contribution >= 0.6 is 0 Å². The van der Waals surface area contributed by atoms with E-state index in [0.29, 0.717) is 0 Å². The normalized spacial score (nSPS) is 38.8. The zero-order valence-corrected chi connectivity index (χ0v) is 12.0. The maximum atomic E-state index is 12.8. The molecule has 0 saturated heterocycles. The number of aliphatic carboxylic acids is 4. The molecule has 0 spiro atoms. The lowest BCUT2D eigenvalue weighted by Gasteiger charge is -2.61. The lowest BCUT2D eigenvalue weighted by atomic mass is 9.34. The third-order valence-electron chi connectivity index (χ3n) is 5.91. The van der Waals surface area contributed by atoms with E-state index >= 15 is 0 Å². The molecule has 10 heteroatoms. The molecule has 4 fully saturated rings. The second kappa shape index (κ2) is 4.19. The maximum absolute atomic E-state index is 12.8. The van der Waals surface area contributed by atoms with Crippen molar-refractivity contribution in [3.8, 4) is 0 Å². The zero-order valence-electron chi connectivity index (χ0n) is 12.0. The van der Waals surface area contributed by atoms with Crippen LogP contribution in [-0.2, 0) is 28.8 Å². The van der Waals surface area contributed by atoms with Crippen molar-refractivity contribution in [2.75, 3.05) is 0 Å². The minimum absolute atomic E-state index is 0.430. The fourth-order valence-electron chi connectivity index (χ4n) is 4.95. The van der Waals surface area contributed by atoms with Crippen molar-refractivity contribution in [3.05, 3.63) is 0 Å². The van der Waals surface area contributed by atoms with Crippen molar-refractivity contribution in [2.24, 2.45) is 28.1 Å². The molecule has 4 aliphatic carbocycles. The summed E-state index contributed by atoms with van der Waals surface area (Å²) in [5, 5.41) is 38.2. The molecule has 0 heterocycles. The minimum Gasteiger partial charge on any atom is -0.480 e. The van der Waals surface area contributed by atoms with Gasteiger partial charge in [0.1, 0.15) is 11.2 Å². The van der Waals surface area contributed by atoms with Crippen LogP contribution in [0.2, 0.25) is 0 Å². The Bertz CT molecular complexity index is 737. The van der Waals surface area contributed by atoms with Crippen molar-refractivity contribution in [3.63, 3.8) is 0 Å². The van der Waals surface area contributed by atoms with Gasteiger partial charge in [-0.1, -0.05) is 0 Å². The van der Waals surface area contributed by atoms with Gasteiger partial charge >= 0.3 is 23.9 Å². The molecule has 4 rings (SSSR count). The van der Waals surface area contributed by atoms with Crippen LogP contribution in [0.5, 0.6) is 0 Å². The van der Waals surface area contributed by atoms with Crippen LogP contribution in [-0.4, -0.2) is 55.9 Å². The van der Waals surface area contributed by atoms with E-state index in [9.17, 15) is 49.2 Å². The summed E-state index contributed by atoms with van der Waals surface area (Å²) in [6, 6.07) is 0. The first-order valence-electron chi connectivity index (χ1n) is 7.02. The number of hydrogen-bond donors (Lipinski definition) is 4. The van der Waals surface area contributed by atoms with E-state index in [0.717, 1.165) is 0 Å². The summed E-state index contributed by atoms with van der Waals surface area (Å²) in [6.45, 7) is 0. The number of rotatable bonds is 4. The van der Waals surface area contributed by atoms with Gasteiger partial charge in [-0.15, -0.1) is 0 Å². The average molecular weight is 340 g/mol. The minimum atomic E-state index is -3.21. The van der Waals surface area contributed by atoms with Crippen molar-refractivity contribution >= 4 is 35.4 Å². The molecule has 0 aliphatic heterocycles. The van der Waals surface area contributed by atoms with E-state index in [1.54, 1.807) is 0 Å². The summed E-state index contributed by atoms with van der Waals surface area (Å²) < 4.78 is 0. The highest BCUT2D eigenvalue weighted by Gasteiger charge is 2.86. The Kier molecular flexibility index (Phi) is 2.81. The van der Waals surface area contributed by atoms with E-state index < -0.39 is 82.8 Å². The summed E-state index contributed by atoms with van der Waals surface area (Å²) in [5.74, 6) is -13.2. The van der Waals surface area contributed by atoms with Gasteiger partial charge in [-0.2, -0.15) is 0 Å². The van der Waals surface area contributed by atoms with E-state index in [1.165, 1.54) is 0 Å². The molecule has 4 N–H and O–H groups in total.